The SMILES string of the molecule is Cc1ccc(N2c3ccc(C(C)C)cc3B3c4cccc5c4N(c4ccccc4C54C5CC6CC(C5)CC4C6)c4cccc2c43)cc1. The van der Waals surface area contributed by atoms with Crippen LogP contribution < -0.4 is 26.2 Å². The van der Waals surface area contributed by atoms with Crippen molar-refractivity contribution in [1.29, 1.82) is 0 Å². The Morgan fingerprint density at radius 3 is 2.02 bits per heavy atom. The zero-order valence-electron chi connectivity index (χ0n) is 27.7. The molecule has 3 aliphatic heterocycles. The van der Waals surface area contributed by atoms with E-state index in [0.717, 1.165) is 23.7 Å². The second-order valence-corrected chi connectivity index (χ2v) is 16.1. The van der Waals surface area contributed by atoms with E-state index in [4.69, 9.17) is 0 Å². The van der Waals surface area contributed by atoms with Crippen molar-refractivity contribution in [3.05, 3.63) is 125 Å². The Hall–Kier alpha value is -4.24. The van der Waals surface area contributed by atoms with E-state index in [0.29, 0.717) is 5.92 Å². The maximum atomic E-state index is 2.70. The van der Waals surface area contributed by atoms with Gasteiger partial charge in [-0.3, -0.25) is 0 Å². The number of aryl methyl sites for hydroxylation is 1. The predicted octanol–water partition coefficient (Wildman–Crippen LogP) is 9.26. The summed E-state index contributed by atoms with van der Waals surface area (Å²) < 4.78 is 0. The summed E-state index contributed by atoms with van der Waals surface area (Å²) in [5.41, 5.74) is 18.6. The standard InChI is InChI=1S/C44H41BN2/c1-26(2)30-16-19-39-37(25-30)45-36-10-6-9-35-43(36)47(41-13-7-12-40(42(41)45)46(39)33-17-14-27(3)15-18-33)38-11-5-4-8-34(38)44(35)31-21-28-20-29(23-31)24-32(44)22-28/h4-19,25-26,28-29,31-32H,20-24H2,1-3H3. The molecule has 0 radical (unpaired) electrons. The van der Waals surface area contributed by atoms with Crippen molar-refractivity contribution < 1.29 is 0 Å². The molecule has 0 saturated heterocycles. The molecule has 3 heteroatoms. The van der Waals surface area contributed by atoms with E-state index in [-0.39, 0.29) is 12.1 Å². The molecule has 0 amide bonds. The van der Waals surface area contributed by atoms with Crippen molar-refractivity contribution in [2.75, 3.05) is 9.80 Å². The highest BCUT2D eigenvalue weighted by molar-refractivity contribution is 7.00. The van der Waals surface area contributed by atoms with Crippen molar-refractivity contribution in [3.63, 3.8) is 0 Å². The molecule has 0 unspecified atom stereocenters. The zero-order valence-corrected chi connectivity index (χ0v) is 27.7. The molecule has 4 aliphatic carbocycles. The van der Waals surface area contributed by atoms with Crippen molar-refractivity contribution in [2.45, 2.75) is 64.2 Å². The van der Waals surface area contributed by atoms with Crippen LogP contribution in [0.3, 0.4) is 0 Å². The molecule has 0 aromatic heterocycles. The number of anilines is 6. The average molecular weight is 609 g/mol. The maximum Gasteiger partial charge on any atom is 0.252 e. The van der Waals surface area contributed by atoms with Crippen LogP contribution >= 0.6 is 0 Å². The van der Waals surface area contributed by atoms with E-state index >= 15 is 0 Å². The van der Waals surface area contributed by atoms with Gasteiger partial charge in [0.05, 0.1) is 5.69 Å². The first-order valence-electron chi connectivity index (χ1n) is 18.2. The van der Waals surface area contributed by atoms with Gasteiger partial charge in [-0.1, -0.05) is 86.1 Å². The summed E-state index contributed by atoms with van der Waals surface area (Å²) in [5, 5.41) is 0. The summed E-state index contributed by atoms with van der Waals surface area (Å²) in [7, 11) is 0. The molecule has 4 saturated carbocycles. The monoisotopic (exact) mass is 608 g/mol. The average Bonchev–Trinajstić information content (AvgIpc) is 3.09. The van der Waals surface area contributed by atoms with E-state index in [9.17, 15) is 0 Å². The topological polar surface area (TPSA) is 6.48 Å². The minimum Gasteiger partial charge on any atom is -0.311 e. The fourth-order valence-corrected chi connectivity index (χ4v) is 11.9. The lowest BCUT2D eigenvalue weighted by molar-refractivity contribution is -0.0419. The van der Waals surface area contributed by atoms with Crippen molar-refractivity contribution in [3.8, 4) is 0 Å². The van der Waals surface area contributed by atoms with E-state index in [1.165, 1.54) is 93.7 Å². The van der Waals surface area contributed by atoms with Crippen LogP contribution in [0.2, 0.25) is 0 Å². The van der Waals surface area contributed by atoms with Gasteiger partial charge in [0.2, 0.25) is 0 Å². The largest absolute Gasteiger partial charge is 0.311 e. The van der Waals surface area contributed by atoms with Crippen LogP contribution in [0.25, 0.3) is 0 Å². The second kappa shape index (κ2) is 9.22. The number of benzene rings is 5. The summed E-state index contributed by atoms with van der Waals surface area (Å²) in [4.78, 5) is 5.24. The van der Waals surface area contributed by atoms with Gasteiger partial charge in [-0.25, -0.2) is 0 Å². The lowest BCUT2D eigenvalue weighted by Crippen LogP contribution is -2.64. The minimum absolute atomic E-state index is 0.117. The number of fused-ring (bicyclic) bond motifs is 6. The predicted molar refractivity (Wildman–Crippen MR) is 197 cm³/mol. The van der Waals surface area contributed by atoms with Gasteiger partial charge >= 0.3 is 0 Å². The van der Waals surface area contributed by atoms with Crippen molar-refractivity contribution in [1.82, 2.24) is 0 Å². The van der Waals surface area contributed by atoms with Crippen LogP contribution in [0, 0.1) is 30.6 Å². The van der Waals surface area contributed by atoms with Gasteiger partial charge in [0, 0.05) is 33.9 Å². The molecule has 4 bridgehead atoms. The van der Waals surface area contributed by atoms with Gasteiger partial charge in [-0.05, 0) is 138 Å². The molecular formula is C44H41BN2. The molecule has 47 heavy (non-hydrogen) atoms. The van der Waals surface area contributed by atoms with Crippen LogP contribution in [0.15, 0.2) is 103 Å². The molecule has 230 valence electrons. The molecule has 0 atom stereocenters. The molecule has 5 aromatic carbocycles. The number of hydrogen-bond donors (Lipinski definition) is 0. The summed E-state index contributed by atoms with van der Waals surface area (Å²) in [6.45, 7) is 7.05. The molecular weight excluding hydrogens is 567 g/mol. The minimum atomic E-state index is 0.117. The van der Waals surface area contributed by atoms with Crippen LogP contribution in [-0.4, -0.2) is 6.71 Å². The van der Waals surface area contributed by atoms with E-state index in [2.05, 4.69) is 134 Å². The molecule has 4 fully saturated rings. The Morgan fingerprint density at radius 1 is 0.617 bits per heavy atom. The molecule has 5 aromatic rings. The quantitative estimate of drug-likeness (QED) is 0.181. The van der Waals surface area contributed by atoms with Gasteiger partial charge < -0.3 is 9.80 Å². The highest BCUT2D eigenvalue weighted by Crippen LogP contribution is 2.69. The number of rotatable bonds is 2. The van der Waals surface area contributed by atoms with Gasteiger partial charge in [-0.2, -0.15) is 0 Å². The van der Waals surface area contributed by atoms with Crippen LogP contribution in [0.4, 0.5) is 34.1 Å². The van der Waals surface area contributed by atoms with Gasteiger partial charge in [0.1, 0.15) is 0 Å². The van der Waals surface area contributed by atoms with E-state index < -0.39 is 0 Å². The fraction of sp³-hybridized carbons (Fsp3) is 0.318. The number of para-hydroxylation sites is 2. The third-order valence-electron chi connectivity index (χ3n) is 13.5. The first-order valence-corrected chi connectivity index (χ1v) is 18.2. The van der Waals surface area contributed by atoms with Crippen LogP contribution in [0.1, 0.15) is 74.1 Å². The summed E-state index contributed by atoms with van der Waals surface area (Å²) in [5.74, 6) is 3.82. The Balaban J connectivity index is 1.23. The van der Waals surface area contributed by atoms with Gasteiger partial charge in [0.25, 0.3) is 6.71 Å². The Morgan fingerprint density at radius 2 is 1.28 bits per heavy atom. The normalized spacial score (nSPS) is 26.8. The molecule has 3 heterocycles. The molecule has 12 rings (SSSR count). The smallest absolute Gasteiger partial charge is 0.252 e. The molecule has 7 aliphatic rings. The number of hydrogen-bond acceptors (Lipinski definition) is 2. The zero-order chi connectivity index (χ0) is 31.2. The van der Waals surface area contributed by atoms with Gasteiger partial charge in [-0.15, -0.1) is 0 Å². The van der Waals surface area contributed by atoms with Gasteiger partial charge in [0.15, 0.2) is 0 Å². The lowest BCUT2D eigenvalue weighted by Gasteiger charge is -2.64. The highest BCUT2D eigenvalue weighted by atomic mass is 15.2. The Kier molecular flexibility index (Phi) is 5.26. The third kappa shape index (κ3) is 3.29. The molecule has 2 nitrogen and oxygen atoms in total. The molecule has 1 spiro atoms. The summed E-state index contributed by atoms with van der Waals surface area (Å²) in [6.07, 6.45) is 7.10. The van der Waals surface area contributed by atoms with Crippen LogP contribution in [0.5, 0.6) is 0 Å². The van der Waals surface area contributed by atoms with E-state index in [1.54, 1.807) is 11.1 Å². The first kappa shape index (κ1) is 26.8. The fourth-order valence-electron chi connectivity index (χ4n) is 11.9. The summed E-state index contributed by atoms with van der Waals surface area (Å²) in [6, 6.07) is 40.6. The van der Waals surface area contributed by atoms with Crippen LogP contribution in [-0.2, 0) is 5.41 Å². The maximum absolute atomic E-state index is 2.70. The lowest BCUT2D eigenvalue weighted by atomic mass is 9.32. The summed E-state index contributed by atoms with van der Waals surface area (Å²) >= 11 is 0. The van der Waals surface area contributed by atoms with E-state index in [1.807, 2.05) is 0 Å². The first-order chi connectivity index (χ1) is 23.0. The highest BCUT2D eigenvalue weighted by Gasteiger charge is 2.62. The Bertz CT molecular complexity index is 2100. The Labute approximate surface area is 279 Å². The third-order valence-corrected chi connectivity index (χ3v) is 13.5. The van der Waals surface area contributed by atoms with Crippen molar-refractivity contribution in [2.24, 2.45) is 23.7 Å². The second-order valence-electron chi connectivity index (χ2n) is 16.1. The molecule has 0 N–H and O–H groups in total. The van der Waals surface area contributed by atoms with Crippen molar-refractivity contribution >= 4 is 57.2 Å². The number of nitrogens with zero attached hydrogens (tertiary/aromatic N) is 2.